The quantitative estimate of drug-likeness (QED) is 0.371. The lowest BCUT2D eigenvalue weighted by atomic mass is 9.98. The highest BCUT2D eigenvalue weighted by Crippen LogP contribution is 2.22. The van der Waals surface area contributed by atoms with Crippen molar-refractivity contribution in [2.75, 3.05) is 0 Å². The average molecular weight is 396 g/mol. The number of benzene rings is 4. The zero-order chi connectivity index (χ0) is 20.9. The van der Waals surface area contributed by atoms with Crippen molar-refractivity contribution in [3.05, 3.63) is 131 Å². The Bertz CT molecular complexity index is 1160. The summed E-state index contributed by atoms with van der Waals surface area (Å²) in [6.45, 7) is 0. The Morgan fingerprint density at radius 2 is 0.867 bits per heavy atom. The van der Waals surface area contributed by atoms with Crippen molar-refractivity contribution >= 4 is 11.6 Å². The molecule has 0 N–H and O–H groups in total. The molecular weight excluding hydrogens is 379 g/mol. The first-order chi connectivity index (χ1) is 14.6. The molecule has 0 spiro atoms. The van der Waals surface area contributed by atoms with E-state index in [0.29, 0.717) is 28.0 Å². The van der Waals surface area contributed by atoms with Crippen LogP contribution in [0.2, 0.25) is 0 Å². The zero-order valence-electron chi connectivity index (χ0n) is 15.9. The summed E-state index contributed by atoms with van der Waals surface area (Å²) in [6.07, 6.45) is 0. The fourth-order valence-corrected chi connectivity index (χ4v) is 3.01. The molecule has 30 heavy (non-hydrogen) atoms. The van der Waals surface area contributed by atoms with Gasteiger partial charge in [-0.1, -0.05) is 42.5 Å². The standard InChI is InChI=1S/C26H17FO3/c27-22-14-10-20(11-15-22)25(28)18-6-8-19(9-7-18)26(29)21-12-16-24(17-13-21)30-23-4-2-1-3-5-23/h1-17H. The normalized spacial score (nSPS) is 10.4. The van der Waals surface area contributed by atoms with E-state index in [9.17, 15) is 14.0 Å². The predicted molar refractivity (Wildman–Crippen MR) is 113 cm³/mol. The number of carbonyl (C=O) groups is 2. The molecule has 3 nitrogen and oxygen atoms in total. The second-order valence-electron chi connectivity index (χ2n) is 6.68. The van der Waals surface area contributed by atoms with Gasteiger partial charge >= 0.3 is 0 Å². The molecule has 0 aliphatic heterocycles. The molecule has 4 aromatic rings. The Hall–Kier alpha value is -4.05. The third-order valence-corrected chi connectivity index (χ3v) is 4.61. The van der Waals surface area contributed by atoms with Crippen LogP contribution < -0.4 is 4.74 Å². The molecule has 0 amide bonds. The second kappa shape index (κ2) is 8.53. The highest BCUT2D eigenvalue weighted by Gasteiger charge is 2.13. The van der Waals surface area contributed by atoms with Crippen molar-refractivity contribution in [3.63, 3.8) is 0 Å². The minimum atomic E-state index is -0.396. The van der Waals surface area contributed by atoms with Crippen molar-refractivity contribution in [1.29, 1.82) is 0 Å². The van der Waals surface area contributed by atoms with Crippen LogP contribution in [0.5, 0.6) is 11.5 Å². The molecule has 146 valence electrons. The molecule has 4 heteroatoms. The van der Waals surface area contributed by atoms with Crippen molar-refractivity contribution in [1.82, 2.24) is 0 Å². The molecule has 0 aromatic heterocycles. The number of rotatable bonds is 6. The number of ketones is 2. The van der Waals surface area contributed by atoms with Crippen molar-refractivity contribution in [2.24, 2.45) is 0 Å². The third kappa shape index (κ3) is 4.33. The molecule has 0 saturated heterocycles. The van der Waals surface area contributed by atoms with E-state index >= 15 is 0 Å². The Morgan fingerprint density at radius 1 is 0.500 bits per heavy atom. The lowest BCUT2D eigenvalue weighted by Crippen LogP contribution is -2.04. The number of halogens is 1. The highest BCUT2D eigenvalue weighted by molar-refractivity contribution is 6.11. The number of hydrogen-bond acceptors (Lipinski definition) is 3. The van der Waals surface area contributed by atoms with Crippen molar-refractivity contribution in [3.8, 4) is 11.5 Å². The predicted octanol–water partition coefficient (Wildman–Crippen LogP) is 6.08. The fraction of sp³-hybridized carbons (Fsp3) is 0. The van der Waals surface area contributed by atoms with Crippen LogP contribution in [0.25, 0.3) is 0 Å². The largest absolute Gasteiger partial charge is 0.457 e. The monoisotopic (exact) mass is 396 g/mol. The van der Waals surface area contributed by atoms with Crippen LogP contribution in [0.15, 0.2) is 103 Å². The highest BCUT2D eigenvalue weighted by atomic mass is 19.1. The van der Waals surface area contributed by atoms with E-state index in [1.807, 2.05) is 30.3 Å². The molecule has 4 rings (SSSR count). The molecule has 0 aliphatic rings. The summed E-state index contributed by atoms with van der Waals surface area (Å²) in [6, 6.07) is 28.1. The van der Waals surface area contributed by atoms with Crippen molar-refractivity contribution in [2.45, 2.75) is 0 Å². The summed E-state index contributed by atoms with van der Waals surface area (Å²) in [7, 11) is 0. The van der Waals surface area contributed by atoms with Gasteiger partial charge in [0.1, 0.15) is 17.3 Å². The Balaban J connectivity index is 1.47. The summed E-state index contributed by atoms with van der Waals surface area (Å²) < 4.78 is 18.8. The van der Waals surface area contributed by atoms with Gasteiger partial charge in [-0.2, -0.15) is 0 Å². The van der Waals surface area contributed by atoms with E-state index in [2.05, 4.69) is 0 Å². The lowest BCUT2D eigenvalue weighted by molar-refractivity contribution is 0.102. The van der Waals surface area contributed by atoms with Crippen molar-refractivity contribution < 1.29 is 18.7 Å². The molecule has 0 atom stereocenters. The van der Waals surface area contributed by atoms with Crippen LogP contribution in [0.4, 0.5) is 4.39 Å². The lowest BCUT2D eigenvalue weighted by Gasteiger charge is -2.07. The smallest absolute Gasteiger partial charge is 0.193 e. The van der Waals surface area contributed by atoms with Gasteiger partial charge in [0.05, 0.1) is 0 Å². The van der Waals surface area contributed by atoms with Gasteiger partial charge in [0.15, 0.2) is 11.6 Å². The van der Waals surface area contributed by atoms with Crippen LogP contribution >= 0.6 is 0 Å². The average Bonchev–Trinajstić information content (AvgIpc) is 2.80. The molecule has 0 aliphatic carbocycles. The minimum Gasteiger partial charge on any atom is -0.457 e. The van der Waals surface area contributed by atoms with Gasteiger partial charge in [-0.3, -0.25) is 9.59 Å². The summed E-state index contributed by atoms with van der Waals surface area (Å²) in [5.41, 5.74) is 1.82. The van der Waals surface area contributed by atoms with Crippen LogP contribution in [0.1, 0.15) is 31.8 Å². The van der Waals surface area contributed by atoms with E-state index < -0.39 is 5.82 Å². The van der Waals surface area contributed by atoms with Gasteiger partial charge in [-0.25, -0.2) is 4.39 Å². The molecular formula is C26H17FO3. The Morgan fingerprint density at radius 3 is 1.33 bits per heavy atom. The van der Waals surface area contributed by atoms with Gasteiger partial charge in [0.2, 0.25) is 0 Å². The van der Waals surface area contributed by atoms with E-state index in [1.54, 1.807) is 48.5 Å². The summed E-state index contributed by atoms with van der Waals surface area (Å²) in [5, 5.41) is 0. The van der Waals surface area contributed by atoms with Crippen LogP contribution in [0.3, 0.4) is 0 Å². The second-order valence-corrected chi connectivity index (χ2v) is 6.68. The van der Waals surface area contributed by atoms with E-state index in [0.717, 1.165) is 5.75 Å². The Kier molecular flexibility index (Phi) is 5.48. The number of carbonyl (C=O) groups excluding carboxylic acids is 2. The van der Waals surface area contributed by atoms with Gasteiger partial charge in [-0.15, -0.1) is 0 Å². The first-order valence-electron chi connectivity index (χ1n) is 9.38. The van der Waals surface area contributed by atoms with E-state index in [-0.39, 0.29) is 11.6 Å². The molecule has 0 heterocycles. The maximum Gasteiger partial charge on any atom is 0.193 e. The van der Waals surface area contributed by atoms with Gasteiger partial charge in [-0.05, 0) is 60.7 Å². The minimum absolute atomic E-state index is 0.151. The molecule has 0 saturated carbocycles. The van der Waals surface area contributed by atoms with Gasteiger partial charge < -0.3 is 4.74 Å². The fourth-order valence-electron chi connectivity index (χ4n) is 3.01. The van der Waals surface area contributed by atoms with Crippen LogP contribution in [0, 0.1) is 5.82 Å². The summed E-state index contributed by atoms with van der Waals surface area (Å²) >= 11 is 0. The SMILES string of the molecule is O=C(c1ccc(F)cc1)c1ccc(C(=O)c2ccc(Oc3ccccc3)cc2)cc1. The van der Waals surface area contributed by atoms with Crippen LogP contribution in [-0.2, 0) is 0 Å². The first kappa shape index (κ1) is 19.3. The van der Waals surface area contributed by atoms with E-state index in [1.165, 1.54) is 24.3 Å². The Labute approximate surface area is 173 Å². The number of hydrogen-bond donors (Lipinski definition) is 0. The van der Waals surface area contributed by atoms with Gasteiger partial charge in [0, 0.05) is 22.3 Å². The summed E-state index contributed by atoms with van der Waals surface area (Å²) in [5.74, 6) is 0.585. The number of ether oxygens (including phenoxy) is 1. The maximum atomic E-state index is 13.0. The molecule has 0 fully saturated rings. The molecule has 0 unspecified atom stereocenters. The summed E-state index contributed by atoms with van der Waals surface area (Å²) in [4.78, 5) is 25.2. The first-order valence-corrected chi connectivity index (χ1v) is 9.38. The molecule has 4 aromatic carbocycles. The molecule has 0 bridgehead atoms. The number of para-hydroxylation sites is 1. The van der Waals surface area contributed by atoms with Crippen LogP contribution in [-0.4, -0.2) is 11.6 Å². The van der Waals surface area contributed by atoms with E-state index in [4.69, 9.17) is 4.74 Å². The zero-order valence-corrected chi connectivity index (χ0v) is 15.9. The topological polar surface area (TPSA) is 43.4 Å². The third-order valence-electron chi connectivity index (χ3n) is 4.61. The maximum absolute atomic E-state index is 13.0. The molecule has 0 radical (unpaired) electrons. The van der Waals surface area contributed by atoms with Gasteiger partial charge in [0.25, 0.3) is 0 Å².